The van der Waals surface area contributed by atoms with Crippen LogP contribution >= 0.6 is 22.9 Å². The van der Waals surface area contributed by atoms with Crippen LogP contribution in [0.3, 0.4) is 0 Å². The van der Waals surface area contributed by atoms with Crippen molar-refractivity contribution in [2.24, 2.45) is 0 Å². The Morgan fingerprint density at radius 3 is 2.87 bits per heavy atom. The van der Waals surface area contributed by atoms with Crippen LogP contribution < -0.4 is 5.73 Å². The second-order valence-corrected chi connectivity index (χ2v) is 4.74. The average molecular weight is 239 g/mol. The molecule has 0 fully saturated rings. The lowest BCUT2D eigenvalue weighted by Crippen LogP contribution is -1.92. The predicted molar refractivity (Wildman–Crippen MR) is 65.5 cm³/mol. The van der Waals surface area contributed by atoms with Gasteiger partial charge in [-0.05, 0) is 24.6 Å². The molecule has 0 aliphatic heterocycles. The average Bonchev–Trinajstić information content (AvgIpc) is 2.59. The first-order valence-electron chi connectivity index (χ1n) is 4.59. The van der Waals surface area contributed by atoms with E-state index in [9.17, 15) is 0 Å². The van der Waals surface area contributed by atoms with Crippen molar-refractivity contribution < 1.29 is 0 Å². The fourth-order valence-corrected chi connectivity index (χ4v) is 2.31. The molecule has 0 saturated carbocycles. The third-order valence-corrected chi connectivity index (χ3v) is 3.55. The molecule has 0 amide bonds. The highest BCUT2D eigenvalue weighted by atomic mass is 35.5. The van der Waals surface area contributed by atoms with Crippen molar-refractivity contribution in [2.45, 2.75) is 13.3 Å². The Labute approximate surface area is 97.7 Å². The van der Waals surface area contributed by atoms with E-state index in [0.717, 1.165) is 12.1 Å². The molecule has 0 bridgehead atoms. The molecule has 15 heavy (non-hydrogen) atoms. The predicted octanol–water partition coefficient (Wildman–Crippen LogP) is 3.28. The molecule has 0 saturated heterocycles. The van der Waals surface area contributed by atoms with Crippen molar-refractivity contribution in [1.29, 1.82) is 0 Å². The number of hydrogen-bond acceptors (Lipinski definition) is 3. The molecule has 2 nitrogen and oxygen atoms in total. The fourth-order valence-electron chi connectivity index (χ4n) is 1.38. The van der Waals surface area contributed by atoms with Crippen LogP contribution in [0.2, 0.25) is 5.02 Å². The van der Waals surface area contributed by atoms with Gasteiger partial charge < -0.3 is 5.73 Å². The number of halogens is 1. The number of nitrogen functional groups attached to an aromatic ring is 1. The van der Waals surface area contributed by atoms with Crippen LogP contribution in [0.5, 0.6) is 0 Å². The Morgan fingerprint density at radius 2 is 2.27 bits per heavy atom. The van der Waals surface area contributed by atoms with E-state index >= 15 is 0 Å². The molecule has 2 rings (SSSR count). The van der Waals surface area contributed by atoms with Crippen molar-refractivity contribution >= 4 is 28.6 Å². The maximum absolute atomic E-state index is 5.86. The molecule has 78 valence electrons. The second kappa shape index (κ2) is 4.21. The number of aryl methyl sites for hydroxylation is 1. The smallest absolute Gasteiger partial charge is 0.0797 e. The summed E-state index contributed by atoms with van der Waals surface area (Å²) in [6, 6.07) is 5.75. The van der Waals surface area contributed by atoms with Gasteiger partial charge in [0.05, 0.1) is 21.9 Å². The van der Waals surface area contributed by atoms with E-state index in [-0.39, 0.29) is 0 Å². The summed E-state index contributed by atoms with van der Waals surface area (Å²) in [5.41, 5.74) is 10.5. The van der Waals surface area contributed by atoms with Gasteiger partial charge in [0, 0.05) is 11.3 Å². The van der Waals surface area contributed by atoms with Gasteiger partial charge in [0.1, 0.15) is 0 Å². The normalized spacial score (nSPS) is 10.5. The van der Waals surface area contributed by atoms with Crippen LogP contribution in [-0.2, 0) is 6.42 Å². The number of nitrogens with two attached hydrogens (primary N) is 1. The third kappa shape index (κ3) is 2.30. The van der Waals surface area contributed by atoms with E-state index < -0.39 is 0 Å². The molecule has 4 heteroatoms. The molecule has 0 aliphatic carbocycles. The zero-order chi connectivity index (χ0) is 10.8. The third-order valence-electron chi connectivity index (χ3n) is 2.27. The number of hydrogen-bond donors (Lipinski definition) is 1. The highest BCUT2D eigenvalue weighted by Crippen LogP contribution is 2.23. The Balaban J connectivity index is 2.25. The highest BCUT2D eigenvalue weighted by Gasteiger charge is 2.04. The minimum Gasteiger partial charge on any atom is -0.398 e. The molecule has 1 heterocycles. The summed E-state index contributed by atoms with van der Waals surface area (Å²) in [7, 11) is 0. The summed E-state index contributed by atoms with van der Waals surface area (Å²) < 4.78 is 0. The van der Waals surface area contributed by atoms with Gasteiger partial charge in [-0.3, -0.25) is 0 Å². The van der Waals surface area contributed by atoms with Crippen LogP contribution in [0.4, 0.5) is 5.69 Å². The number of benzene rings is 1. The molecule has 2 aromatic rings. The van der Waals surface area contributed by atoms with E-state index in [1.807, 2.05) is 30.6 Å². The van der Waals surface area contributed by atoms with Gasteiger partial charge in [-0.15, -0.1) is 11.3 Å². The first-order chi connectivity index (χ1) is 7.16. The molecule has 0 spiro atoms. The van der Waals surface area contributed by atoms with Crippen LogP contribution in [0, 0.1) is 6.92 Å². The van der Waals surface area contributed by atoms with E-state index in [4.69, 9.17) is 17.3 Å². The standard InChI is InChI=1S/C11H11ClN2S/c1-7-11(15-6-14-7)5-8-2-3-9(12)10(13)4-8/h2-4,6H,5,13H2,1H3. The molecule has 1 aromatic carbocycles. The van der Waals surface area contributed by atoms with Crippen molar-refractivity contribution in [3.63, 3.8) is 0 Å². The van der Waals surface area contributed by atoms with Crippen molar-refractivity contribution in [3.8, 4) is 0 Å². The maximum atomic E-state index is 5.86. The van der Waals surface area contributed by atoms with E-state index in [1.54, 1.807) is 11.3 Å². The summed E-state index contributed by atoms with van der Waals surface area (Å²) >= 11 is 7.53. The summed E-state index contributed by atoms with van der Waals surface area (Å²) in [6.45, 7) is 2.02. The Kier molecular flexibility index (Phi) is 2.93. The van der Waals surface area contributed by atoms with Crippen LogP contribution in [0.25, 0.3) is 0 Å². The quantitative estimate of drug-likeness (QED) is 0.816. The van der Waals surface area contributed by atoms with Crippen molar-refractivity contribution in [1.82, 2.24) is 4.98 Å². The van der Waals surface area contributed by atoms with E-state index in [1.165, 1.54) is 10.4 Å². The minimum atomic E-state index is 0.611. The summed E-state index contributed by atoms with van der Waals surface area (Å²) in [5.74, 6) is 0. The molecule has 0 unspecified atom stereocenters. The summed E-state index contributed by atoms with van der Waals surface area (Å²) in [5, 5.41) is 0.611. The Morgan fingerprint density at radius 1 is 1.47 bits per heavy atom. The SMILES string of the molecule is Cc1ncsc1Cc1ccc(Cl)c(N)c1. The lowest BCUT2D eigenvalue weighted by molar-refractivity contribution is 1.15. The zero-order valence-corrected chi connectivity index (χ0v) is 9.90. The van der Waals surface area contributed by atoms with Crippen molar-refractivity contribution in [3.05, 3.63) is 44.9 Å². The Hall–Kier alpha value is -1.06. The molecular weight excluding hydrogens is 228 g/mol. The van der Waals surface area contributed by atoms with E-state index in [2.05, 4.69) is 4.98 Å². The topological polar surface area (TPSA) is 38.9 Å². The van der Waals surface area contributed by atoms with Gasteiger partial charge in [0.15, 0.2) is 0 Å². The molecule has 2 N–H and O–H groups in total. The van der Waals surface area contributed by atoms with Crippen LogP contribution in [0.1, 0.15) is 16.1 Å². The minimum absolute atomic E-state index is 0.611. The number of nitrogens with zero attached hydrogens (tertiary/aromatic N) is 1. The maximum Gasteiger partial charge on any atom is 0.0797 e. The van der Waals surface area contributed by atoms with Gasteiger partial charge in [-0.25, -0.2) is 4.98 Å². The fraction of sp³-hybridized carbons (Fsp3) is 0.182. The monoisotopic (exact) mass is 238 g/mol. The zero-order valence-electron chi connectivity index (χ0n) is 8.33. The molecule has 1 aromatic heterocycles. The second-order valence-electron chi connectivity index (χ2n) is 3.39. The molecule has 0 atom stereocenters. The van der Waals surface area contributed by atoms with Crippen molar-refractivity contribution in [2.75, 3.05) is 5.73 Å². The lowest BCUT2D eigenvalue weighted by atomic mass is 10.1. The van der Waals surface area contributed by atoms with E-state index in [0.29, 0.717) is 10.7 Å². The Bertz CT molecular complexity index is 479. The summed E-state index contributed by atoms with van der Waals surface area (Å²) in [4.78, 5) is 5.49. The van der Waals surface area contributed by atoms with Gasteiger partial charge >= 0.3 is 0 Å². The van der Waals surface area contributed by atoms with Gasteiger partial charge in [-0.2, -0.15) is 0 Å². The molecule has 0 aliphatic rings. The van der Waals surface area contributed by atoms with Gasteiger partial charge in [0.25, 0.3) is 0 Å². The first-order valence-corrected chi connectivity index (χ1v) is 5.85. The van der Waals surface area contributed by atoms with Crippen LogP contribution in [-0.4, -0.2) is 4.98 Å². The number of rotatable bonds is 2. The largest absolute Gasteiger partial charge is 0.398 e. The van der Waals surface area contributed by atoms with Crippen LogP contribution in [0.15, 0.2) is 23.7 Å². The number of thiazole rings is 1. The number of anilines is 1. The lowest BCUT2D eigenvalue weighted by Gasteiger charge is -2.03. The van der Waals surface area contributed by atoms with Gasteiger partial charge in [0.2, 0.25) is 0 Å². The van der Waals surface area contributed by atoms with Gasteiger partial charge in [-0.1, -0.05) is 17.7 Å². The number of aromatic nitrogens is 1. The summed E-state index contributed by atoms with van der Waals surface area (Å²) in [6.07, 6.45) is 0.873. The molecular formula is C11H11ClN2S. The highest BCUT2D eigenvalue weighted by molar-refractivity contribution is 7.09. The first kappa shape index (κ1) is 10.5. The molecule has 0 radical (unpaired) electrons.